The number of aryl methyl sites for hydroxylation is 1. The summed E-state index contributed by atoms with van der Waals surface area (Å²) < 4.78 is 17.7. The molecule has 0 aliphatic heterocycles. The Labute approximate surface area is 173 Å². The molecule has 0 bridgehead atoms. The highest BCUT2D eigenvalue weighted by Gasteiger charge is 2.27. The van der Waals surface area contributed by atoms with E-state index in [1.54, 1.807) is 17.1 Å². The lowest BCUT2D eigenvalue weighted by Gasteiger charge is -2.16. The Morgan fingerprint density at radius 3 is 2.87 bits per heavy atom. The number of fused-ring (bicyclic) bond motifs is 1. The molecule has 1 aliphatic rings. The van der Waals surface area contributed by atoms with Crippen molar-refractivity contribution in [3.8, 4) is 22.5 Å². The number of nitrogens with one attached hydrogen (secondary N) is 1. The van der Waals surface area contributed by atoms with E-state index < -0.39 is 6.17 Å². The molecular formula is C22H23FN6O. The molecule has 1 aliphatic carbocycles. The van der Waals surface area contributed by atoms with E-state index in [9.17, 15) is 9.50 Å². The van der Waals surface area contributed by atoms with Crippen LogP contribution in [-0.4, -0.2) is 41.5 Å². The van der Waals surface area contributed by atoms with E-state index in [0.29, 0.717) is 12.2 Å². The molecule has 30 heavy (non-hydrogen) atoms. The molecule has 4 heterocycles. The number of alkyl halides is 1. The van der Waals surface area contributed by atoms with Crippen LogP contribution in [0.5, 0.6) is 0 Å². The summed E-state index contributed by atoms with van der Waals surface area (Å²) in [4.78, 5) is 9.21. The summed E-state index contributed by atoms with van der Waals surface area (Å²) in [6, 6.07) is 7.39. The lowest BCUT2D eigenvalue weighted by molar-refractivity contribution is 0.282. The lowest BCUT2D eigenvalue weighted by atomic mass is 10.1. The fourth-order valence-corrected chi connectivity index (χ4v) is 4.13. The number of anilines is 1. The summed E-state index contributed by atoms with van der Waals surface area (Å²) in [6.45, 7) is -0.0909. The van der Waals surface area contributed by atoms with Gasteiger partial charge in [-0.15, -0.1) is 0 Å². The Morgan fingerprint density at radius 2 is 2.13 bits per heavy atom. The van der Waals surface area contributed by atoms with Crippen molar-refractivity contribution < 1.29 is 9.50 Å². The van der Waals surface area contributed by atoms with E-state index in [4.69, 9.17) is 4.98 Å². The maximum Gasteiger partial charge on any atom is 0.137 e. The average molecular weight is 406 g/mol. The zero-order chi connectivity index (χ0) is 20.7. The SMILES string of the molecule is Cn1cc(-c2cn3c(-c4cccc(N[C@H]5CCC[C@@H]5F)n4)cnc3cc2CO)cn1. The quantitative estimate of drug-likeness (QED) is 0.529. The van der Waals surface area contributed by atoms with E-state index in [1.165, 1.54) is 0 Å². The smallest absolute Gasteiger partial charge is 0.137 e. The average Bonchev–Trinajstić information content (AvgIpc) is 3.47. The van der Waals surface area contributed by atoms with Gasteiger partial charge in [-0.25, -0.2) is 14.4 Å². The first-order valence-corrected chi connectivity index (χ1v) is 10.1. The van der Waals surface area contributed by atoms with Gasteiger partial charge < -0.3 is 10.4 Å². The normalized spacial score (nSPS) is 18.9. The van der Waals surface area contributed by atoms with Crippen molar-refractivity contribution in [1.29, 1.82) is 0 Å². The van der Waals surface area contributed by atoms with Gasteiger partial charge in [0.15, 0.2) is 0 Å². The van der Waals surface area contributed by atoms with E-state index in [0.717, 1.165) is 46.6 Å². The molecule has 7 nitrogen and oxygen atoms in total. The summed E-state index contributed by atoms with van der Waals surface area (Å²) in [7, 11) is 1.86. The number of halogens is 1. The Balaban J connectivity index is 1.55. The molecule has 0 spiro atoms. The molecule has 0 aromatic carbocycles. The Kier molecular flexibility index (Phi) is 4.71. The first-order chi connectivity index (χ1) is 14.6. The number of nitrogens with zero attached hydrogens (tertiary/aromatic N) is 5. The second kappa shape index (κ2) is 7.53. The van der Waals surface area contributed by atoms with Crippen molar-refractivity contribution in [3.63, 3.8) is 0 Å². The van der Waals surface area contributed by atoms with Gasteiger partial charge in [-0.3, -0.25) is 9.08 Å². The highest BCUT2D eigenvalue weighted by Crippen LogP contribution is 2.29. The number of aliphatic hydroxyl groups excluding tert-OH is 1. The van der Waals surface area contributed by atoms with Gasteiger partial charge in [-0.1, -0.05) is 6.07 Å². The molecule has 1 saturated carbocycles. The topological polar surface area (TPSA) is 80.3 Å². The van der Waals surface area contributed by atoms with Crippen molar-refractivity contribution in [2.24, 2.45) is 7.05 Å². The molecule has 8 heteroatoms. The minimum Gasteiger partial charge on any atom is -0.392 e. The van der Waals surface area contributed by atoms with Crippen LogP contribution in [0.2, 0.25) is 0 Å². The van der Waals surface area contributed by atoms with Crippen LogP contribution in [0, 0.1) is 0 Å². The van der Waals surface area contributed by atoms with Gasteiger partial charge in [0, 0.05) is 30.6 Å². The highest BCUT2D eigenvalue weighted by molar-refractivity contribution is 5.71. The van der Waals surface area contributed by atoms with Crippen molar-refractivity contribution in [2.45, 2.75) is 38.1 Å². The molecule has 1 fully saturated rings. The zero-order valence-corrected chi connectivity index (χ0v) is 16.7. The molecular weight excluding hydrogens is 383 g/mol. The van der Waals surface area contributed by atoms with Gasteiger partial charge in [0.05, 0.1) is 36.4 Å². The van der Waals surface area contributed by atoms with Crippen LogP contribution in [0.4, 0.5) is 10.2 Å². The molecule has 0 unspecified atom stereocenters. The monoisotopic (exact) mass is 406 g/mol. The van der Waals surface area contributed by atoms with Crippen molar-refractivity contribution in [1.82, 2.24) is 24.1 Å². The van der Waals surface area contributed by atoms with Crippen molar-refractivity contribution >= 4 is 11.5 Å². The lowest BCUT2D eigenvalue weighted by Crippen LogP contribution is -2.25. The van der Waals surface area contributed by atoms with Crippen LogP contribution < -0.4 is 5.32 Å². The number of pyridine rings is 2. The second-order valence-electron chi connectivity index (χ2n) is 7.75. The number of aromatic nitrogens is 5. The predicted molar refractivity (Wildman–Crippen MR) is 113 cm³/mol. The molecule has 5 rings (SSSR count). The predicted octanol–water partition coefficient (Wildman–Crippen LogP) is 3.59. The minimum atomic E-state index is -0.829. The molecule has 0 saturated heterocycles. The third kappa shape index (κ3) is 3.33. The fourth-order valence-electron chi connectivity index (χ4n) is 4.13. The van der Waals surface area contributed by atoms with Crippen LogP contribution in [0.3, 0.4) is 0 Å². The van der Waals surface area contributed by atoms with Gasteiger partial charge >= 0.3 is 0 Å². The fraction of sp³-hybridized carbons (Fsp3) is 0.318. The number of hydrogen-bond acceptors (Lipinski definition) is 5. The molecule has 4 aromatic heterocycles. The summed E-state index contributed by atoms with van der Waals surface area (Å²) in [6.07, 6.45) is 8.90. The van der Waals surface area contributed by atoms with Gasteiger partial charge in [-0.05, 0) is 43.0 Å². The van der Waals surface area contributed by atoms with Crippen LogP contribution in [0.25, 0.3) is 28.2 Å². The van der Waals surface area contributed by atoms with E-state index in [-0.39, 0.29) is 12.6 Å². The third-order valence-electron chi connectivity index (χ3n) is 5.70. The Hall–Kier alpha value is -3.26. The minimum absolute atomic E-state index is 0.0909. The van der Waals surface area contributed by atoms with Gasteiger partial charge in [0.1, 0.15) is 17.6 Å². The maximum absolute atomic E-state index is 14.0. The van der Waals surface area contributed by atoms with Crippen LogP contribution in [0.15, 0.2) is 49.1 Å². The molecule has 4 aromatic rings. The summed E-state index contributed by atoms with van der Waals surface area (Å²) >= 11 is 0. The molecule has 0 radical (unpaired) electrons. The standard InChI is InChI=1S/C22H23FN6O/c1-28-11-15(9-25-28)16-12-29-20(10-24-22(29)8-14(16)13-30)19-6-3-7-21(27-19)26-18-5-2-4-17(18)23/h3,6-12,17-18,30H,2,4-5,13H2,1H3,(H,26,27)/t17-,18-/m0/s1. The first kappa shape index (κ1) is 18.7. The van der Waals surface area contributed by atoms with E-state index in [1.807, 2.05) is 48.1 Å². The molecule has 0 amide bonds. The summed E-state index contributed by atoms with van der Waals surface area (Å²) in [5.41, 5.74) is 4.88. The third-order valence-corrected chi connectivity index (χ3v) is 5.70. The molecule has 154 valence electrons. The Morgan fingerprint density at radius 1 is 1.23 bits per heavy atom. The van der Waals surface area contributed by atoms with E-state index in [2.05, 4.69) is 15.4 Å². The van der Waals surface area contributed by atoms with Crippen LogP contribution in [0.1, 0.15) is 24.8 Å². The summed E-state index contributed by atoms with van der Waals surface area (Å²) in [5.74, 6) is 0.663. The Bertz CT molecular complexity index is 1200. The largest absolute Gasteiger partial charge is 0.392 e. The maximum atomic E-state index is 14.0. The number of hydrogen-bond donors (Lipinski definition) is 2. The zero-order valence-electron chi connectivity index (χ0n) is 16.7. The number of rotatable bonds is 5. The highest BCUT2D eigenvalue weighted by atomic mass is 19.1. The van der Waals surface area contributed by atoms with Gasteiger partial charge in [-0.2, -0.15) is 5.10 Å². The molecule has 2 atom stereocenters. The van der Waals surface area contributed by atoms with Crippen LogP contribution >= 0.6 is 0 Å². The van der Waals surface area contributed by atoms with Crippen LogP contribution in [-0.2, 0) is 13.7 Å². The van der Waals surface area contributed by atoms with Crippen molar-refractivity contribution in [2.75, 3.05) is 5.32 Å². The number of imidazole rings is 1. The molecule has 2 N–H and O–H groups in total. The number of aliphatic hydroxyl groups is 1. The van der Waals surface area contributed by atoms with Crippen molar-refractivity contribution in [3.05, 3.63) is 54.6 Å². The second-order valence-corrected chi connectivity index (χ2v) is 7.75. The van der Waals surface area contributed by atoms with Gasteiger partial charge in [0.25, 0.3) is 0 Å². The van der Waals surface area contributed by atoms with Gasteiger partial charge in [0.2, 0.25) is 0 Å². The summed E-state index contributed by atoms with van der Waals surface area (Å²) in [5, 5.41) is 17.3. The van der Waals surface area contributed by atoms with E-state index >= 15 is 0 Å². The first-order valence-electron chi connectivity index (χ1n) is 10.1.